The van der Waals surface area contributed by atoms with E-state index >= 15 is 0 Å². The maximum Gasteiger partial charge on any atom is 0.355 e. The fraction of sp³-hybridized carbons (Fsp3) is 0.280. The summed E-state index contributed by atoms with van der Waals surface area (Å²) in [5.41, 5.74) is 10.3. The van der Waals surface area contributed by atoms with Crippen molar-refractivity contribution < 1.29 is 9.90 Å². The van der Waals surface area contributed by atoms with Crippen LogP contribution in [0, 0.1) is 5.41 Å². The lowest BCUT2D eigenvalue weighted by Crippen LogP contribution is -2.45. The second kappa shape index (κ2) is 8.19. The van der Waals surface area contributed by atoms with Crippen LogP contribution >= 0.6 is 23.2 Å². The SMILES string of the molecule is N[C@@H]1c2ccccc2CC12CCN(c1nc(C(=O)O)c3c(-c4cccc(Cl)c4Cl)[nH]nc3n1)CC2. The molecule has 1 aliphatic heterocycles. The molecule has 2 aliphatic rings. The number of carboxylic acid groups (broad SMARTS) is 1. The van der Waals surface area contributed by atoms with Crippen molar-refractivity contribution in [1.29, 1.82) is 0 Å². The molecule has 4 aromatic rings. The minimum Gasteiger partial charge on any atom is -0.476 e. The summed E-state index contributed by atoms with van der Waals surface area (Å²) in [6.07, 6.45) is 2.70. The van der Waals surface area contributed by atoms with Gasteiger partial charge in [0.2, 0.25) is 5.95 Å². The van der Waals surface area contributed by atoms with Crippen molar-refractivity contribution in [2.45, 2.75) is 25.3 Å². The molecule has 1 fully saturated rings. The first-order valence-corrected chi connectivity index (χ1v) is 12.2. The number of anilines is 1. The maximum absolute atomic E-state index is 12.2. The molecule has 2 aromatic carbocycles. The highest BCUT2D eigenvalue weighted by Gasteiger charge is 2.46. The molecule has 3 heterocycles. The largest absolute Gasteiger partial charge is 0.476 e. The van der Waals surface area contributed by atoms with E-state index in [9.17, 15) is 9.90 Å². The normalized spacial score (nSPS) is 18.8. The lowest BCUT2D eigenvalue weighted by Gasteiger charge is -2.42. The Hall–Kier alpha value is -3.20. The van der Waals surface area contributed by atoms with E-state index in [4.69, 9.17) is 28.9 Å². The van der Waals surface area contributed by atoms with Gasteiger partial charge in [-0.3, -0.25) is 5.10 Å². The maximum atomic E-state index is 12.2. The average Bonchev–Trinajstić information content (AvgIpc) is 3.40. The highest BCUT2D eigenvalue weighted by molar-refractivity contribution is 6.43. The van der Waals surface area contributed by atoms with Crippen molar-refractivity contribution in [1.82, 2.24) is 20.2 Å². The van der Waals surface area contributed by atoms with E-state index in [1.165, 1.54) is 11.1 Å². The molecule has 10 heteroatoms. The van der Waals surface area contributed by atoms with Crippen LogP contribution in [0.25, 0.3) is 22.3 Å². The molecule has 35 heavy (non-hydrogen) atoms. The molecular formula is C25H22Cl2N6O2. The minimum atomic E-state index is -1.17. The molecule has 4 N–H and O–H groups in total. The predicted molar refractivity (Wildman–Crippen MR) is 135 cm³/mol. The topological polar surface area (TPSA) is 121 Å². The van der Waals surface area contributed by atoms with Crippen LogP contribution in [0.15, 0.2) is 42.5 Å². The first kappa shape index (κ1) is 22.3. The van der Waals surface area contributed by atoms with Gasteiger partial charge in [0.05, 0.1) is 21.1 Å². The highest BCUT2D eigenvalue weighted by Crippen LogP contribution is 2.51. The molecule has 0 bridgehead atoms. The molecule has 1 atom stereocenters. The van der Waals surface area contributed by atoms with Crippen LogP contribution in [0.5, 0.6) is 0 Å². The number of rotatable bonds is 3. The predicted octanol–water partition coefficient (Wildman–Crippen LogP) is 4.87. The summed E-state index contributed by atoms with van der Waals surface area (Å²) >= 11 is 12.6. The lowest BCUT2D eigenvalue weighted by molar-refractivity contribution is 0.0692. The molecule has 2 aromatic heterocycles. The van der Waals surface area contributed by atoms with Crippen LogP contribution in [0.4, 0.5) is 5.95 Å². The standard InChI is InChI=1S/C25H22Cl2N6O2/c26-16-7-3-6-15(18(16)27)19-17-20(23(34)35)29-24(30-22(17)32-31-19)33-10-8-25(9-11-33)12-13-4-1-2-5-14(13)21(25)28/h1-7,21H,8-12,28H2,(H,34,35)(H,29,30,31,32)/t21-/m1/s1. The molecule has 0 radical (unpaired) electrons. The number of piperidine rings is 1. The number of H-pyrrole nitrogens is 1. The second-order valence-corrected chi connectivity index (χ2v) is 10.1. The number of nitrogens with zero attached hydrogens (tertiary/aromatic N) is 4. The van der Waals surface area contributed by atoms with E-state index in [0.717, 1.165) is 19.3 Å². The van der Waals surface area contributed by atoms with Crippen molar-refractivity contribution in [3.63, 3.8) is 0 Å². The summed E-state index contributed by atoms with van der Waals surface area (Å²) in [6, 6.07) is 13.5. The third-order valence-electron chi connectivity index (χ3n) is 7.46. The second-order valence-electron chi connectivity index (χ2n) is 9.28. The number of carboxylic acids is 1. The number of nitrogens with one attached hydrogen (secondary N) is 1. The molecule has 0 amide bonds. The number of benzene rings is 2. The summed E-state index contributed by atoms with van der Waals surface area (Å²) in [5.74, 6) is -0.815. The number of halogens is 2. The number of hydrogen-bond donors (Lipinski definition) is 3. The summed E-state index contributed by atoms with van der Waals surface area (Å²) in [7, 11) is 0. The minimum absolute atomic E-state index is 0.00273. The van der Waals surface area contributed by atoms with Crippen LogP contribution in [0.1, 0.15) is 40.5 Å². The number of hydrogen-bond acceptors (Lipinski definition) is 6. The zero-order chi connectivity index (χ0) is 24.3. The van der Waals surface area contributed by atoms with E-state index in [1.807, 2.05) is 11.0 Å². The van der Waals surface area contributed by atoms with Gasteiger partial charge >= 0.3 is 5.97 Å². The molecule has 6 rings (SSSR count). The quantitative estimate of drug-likeness (QED) is 0.360. The molecule has 8 nitrogen and oxygen atoms in total. The monoisotopic (exact) mass is 508 g/mol. The number of fused-ring (bicyclic) bond motifs is 2. The van der Waals surface area contributed by atoms with E-state index < -0.39 is 5.97 Å². The Bertz CT molecular complexity index is 1480. The molecule has 178 valence electrons. The molecular weight excluding hydrogens is 487 g/mol. The first-order valence-electron chi connectivity index (χ1n) is 11.4. The van der Waals surface area contributed by atoms with Crippen molar-refractivity contribution in [2.75, 3.05) is 18.0 Å². The fourth-order valence-corrected chi connectivity index (χ4v) is 5.95. The molecule has 0 saturated carbocycles. The van der Waals surface area contributed by atoms with Gasteiger partial charge in [0, 0.05) is 24.7 Å². The van der Waals surface area contributed by atoms with Crippen molar-refractivity contribution >= 4 is 46.2 Å². The number of aromatic amines is 1. The van der Waals surface area contributed by atoms with Crippen molar-refractivity contribution in [3.8, 4) is 11.3 Å². The van der Waals surface area contributed by atoms with Gasteiger partial charge in [0.15, 0.2) is 11.3 Å². The van der Waals surface area contributed by atoms with E-state index in [1.54, 1.807) is 18.2 Å². The Balaban J connectivity index is 1.34. The molecule has 1 saturated heterocycles. The van der Waals surface area contributed by atoms with Gasteiger partial charge in [-0.1, -0.05) is 59.6 Å². The third kappa shape index (κ3) is 3.47. The van der Waals surface area contributed by atoms with Crippen LogP contribution in [0.2, 0.25) is 10.0 Å². The summed E-state index contributed by atoms with van der Waals surface area (Å²) in [6.45, 7) is 1.37. The zero-order valence-electron chi connectivity index (χ0n) is 18.6. The summed E-state index contributed by atoms with van der Waals surface area (Å²) in [5, 5.41) is 18.1. The first-order chi connectivity index (χ1) is 16.9. The molecule has 1 spiro atoms. The van der Waals surface area contributed by atoms with Crippen LogP contribution in [0.3, 0.4) is 0 Å². The Morgan fingerprint density at radius 2 is 1.89 bits per heavy atom. The Morgan fingerprint density at radius 3 is 2.63 bits per heavy atom. The fourth-order valence-electron chi connectivity index (χ4n) is 5.56. The lowest BCUT2D eigenvalue weighted by atomic mass is 9.73. The highest BCUT2D eigenvalue weighted by atomic mass is 35.5. The van der Waals surface area contributed by atoms with Gasteiger partial charge < -0.3 is 15.7 Å². The van der Waals surface area contributed by atoms with E-state index in [0.29, 0.717) is 45.7 Å². The smallest absolute Gasteiger partial charge is 0.355 e. The number of aromatic carboxylic acids is 1. The Labute approximate surface area is 211 Å². The van der Waals surface area contributed by atoms with Crippen LogP contribution in [-0.2, 0) is 6.42 Å². The summed E-state index contributed by atoms with van der Waals surface area (Å²) in [4.78, 5) is 23.3. The Morgan fingerprint density at radius 1 is 1.11 bits per heavy atom. The van der Waals surface area contributed by atoms with Gasteiger partial charge in [-0.15, -0.1) is 0 Å². The van der Waals surface area contributed by atoms with Crippen LogP contribution < -0.4 is 10.6 Å². The number of aromatic nitrogens is 4. The van der Waals surface area contributed by atoms with Gasteiger partial charge in [-0.25, -0.2) is 9.78 Å². The average molecular weight is 509 g/mol. The number of carbonyl (C=O) groups is 1. The molecule has 0 unspecified atom stereocenters. The van der Waals surface area contributed by atoms with Gasteiger partial charge in [-0.2, -0.15) is 10.1 Å². The number of nitrogens with two attached hydrogens (primary N) is 1. The van der Waals surface area contributed by atoms with Crippen molar-refractivity contribution in [3.05, 3.63) is 69.3 Å². The van der Waals surface area contributed by atoms with Crippen molar-refractivity contribution in [2.24, 2.45) is 11.1 Å². The Kier molecular flexibility index (Phi) is 5.21. The van der Waals surface area contributed by atoms with Gasteiger partial charge in [-0.05, 0) is 41.9 Å². The third-order valence-corrected chi connectivity index (χ3v) is 8.28. The van der Waals surface area contributed by atoms with Gasteiger partial charge in [0.1, 0.15) is 0 Å². The molecule has 1 aliphatic carbocycles. The van der Waals surface area contributed by atoms with Gasteiger partial charge in [0.25, 0.3) is 0 Å². The van der Waals surface area contributed by atoms with E-state index in [-0.39, 0.29) is 22.8 Å². The summed E-state index contributed by atoms with van der Waals surface area (Å²) < 4.78 is 0. The van der Waals surface area contributed by atoms with E-state index in [2.05, 4.69) is 38.4 Å². The van der Waals surface area contributed by atoms with Crippen LogP contribution in [-0.4, -0.2) is 44.3 Å². The zero-order valence-corrected chi connectivity index (χ0v) is 20.1.